The van der Waals surface area contributed by atoms with Crippen LogP contribution in [0.25, 0.3) is 0 Å². The van der Waals surface area contributed by atoms with Crippen molar-refractivity contribution in [2.75, 3.05) is 26.2 Å². The molecule has 2 rings (SSSR count). The molecule has 2 N–H and O–H groups in total. The monoisotopic (exact) mass is 408 g/mol. The van der Waals surface area contributed by atoms with Crippen molar-refractivity contribution in [2.24, 2.45) is 0 Å². The van der Waals surface area contributed by atoms with Crippen LogP contribution in [0.1, 0.15) is 30.0 Å². The summed E-state index contributed by atoms with van der Waals surface area (Å²) in [6, 6.07) is 2.70. The molecule has 24 heavy (non-hydrogen) atoms. The third-order valence-electron chi connectivity index (χ3n) is 3.95. The molecule has 1 saturated heterocycles. The Kier molecular flexibility index (Phi) is 9.76. The molecule has 0 aliphatic carbocycles. The number of halogens is 6. The van der Waals surface area contributed by atoms with Crippen LogP contribution in [0.4, 0.5) is 13.2 Å². The lowest BCUT2D eigenvalue weighted by atomic mass is 9.96. The maximum atomic E-state index is 12.6. The molecule has 0 saturated carbocycles. The zero-order valence-electron chi connectivity index (χ0n) is 13.2. The predicted octanol–water partition coefficient (Wildman–Crippen LogP) is 4.49. The number of aryl methyl sites for hydroxylation is 1. The summed E-state index contributed by atoms with van der Waals surface area (Å²) < 4.78 is 37.9. The second-order valence-electron chi connectivity index (χ2n) is 5.62. The van der Waals surface area contributed by atoms with Gasteiger partial charge in [-0.2, -0.15) is 13.2 Å². The van der Waals surface area contributed by atoms with Crippen LogP contribution in [0, 0.1) is 6.92 Å². The van der Waals surface area contributed by atoms with E-state index in [0.717, 1.165) is 13.1 Å². The molecule has 3 nitrogen and oxygen atoms in total. The maximum Gasteiger partial charge on any atom is 0.389 e. The van der Waals surface area contributed by atoms with Crippen molar-refractivity contribution in [3.8, 4) is 5.75 Å². The van der Waals surface area contributed by atoms with E-state index < -0.39 is 18.6 Å². The van der Waals surface area contributed by atoms with Crippen molar-refractivity contribution in [1.29, 1.82) is 0 Å². The summed E-state index contributed by atoms with van der Waals surface area (Å²) in [6.45, 7) is 4.44. The molecule has 1 heterocycles. The second-order valence-corrected chi connectivity index (χ2v) is 6.05. The van der Waals surface area contributed by atoms with Crippen molar-refractivity contribution in [1.82, 2.24) is 10.2 Å². The molecule has 1 aliphatic rings. The molecule has 1 aromatic carbocycles. The zero-order chi connectivity index (χ0) is 16.3. The van der Waals surface area contributed by atoms with Gasteiger partial charge < -0.3 is 10.4 Å². The molecule has 0 unspecified atom stereocenters. The molecule has 0 amide bonds. The number of phenols is 1. The lowest BCUT2D eigenvalue weighted by molar-refractivity contribution is -0.138. The summed E-state index contributed by atoms with van der Waals surface area (Å²) in [5.74, 6) is 0.0371. The number of alkyl halides is 3. The van der Waals surface area contributed by atoms with E-state index in [1.165, 1.54) is 0 Å². The van der Waals surface area contributed by atoms with Gasteiger partial charge in [0.05, 0.1) is 0 Å². The van der Waals surface area contributed by atoms with E-state index in [0.29, 0.717) is 29.2 Å². The quantitative estimate of drug-likeness (QED) is 0.769. The topological polar surface area (TPSA) is 35.5 Å². The van der Waals surface area contributed by atoms with E-state index in [1.54, 1.807) is 19.1 Å². The maximum absolute atomic E-state index is 12.6. The van der Waals surface area contributed by atoms with Gasteiger partial charge in [0.2, 0.25) is 0 Å². The largest absolute Gasteiger partial charge is 0.507 e. The van der Waals surface area contributed by atoms with Gasteiger partial charge in [0.1, 0.15) is 5.75 Å². The first-order chi connectivity index (χ1) is 10.3. The first-order valence-electron chi connectivity index (χ1n) is 7.28. The minimum atomic E-state index is -4.21. The fraction of sp³-hybridized carbons (Fsp3) is 0.600. The van der Waals surface area contributed by atoms with E-state index >= 15 is 0 Å². The minimum absolute atomic E-state index is 0. The number of nitrogens with one attached hydrogen (secondary N) is 1. The standard InChI is InChI=1S/C15H20ClF3N2O.2ClH/c1-10-8-11(16)9-12(14(10)22)13(2-3-15(17,18)19)21-6-4-20-5-7-21;;/h8-9,13,20,22H,2-7H2,1H3;2*1H/t13-;;/m0../s1. The van der Waals surface area contributed by atoms with Crippen LogP contribution in [-0.2, 0) is 0 Å². The van der Waals surface area contributed by atoms with Gasteiger partial charge in [0.15, 0.2) is 0 Å². The van der Waals surface area contributed by atoms with Crippen LogP contribution in [0.3, 0.4) is 0 Å². The highest BCUT2D eigenvalue weighted by atomic mass is 35.5. The Labute approximate surface area is 157 Å². The molecule has 1 atom stereocenters. The Hall–Kier alpha value is -0.400. The summed E-state index contributed by atoms with van der Waals surface area (Å²) in [6.07, 6.45) is -5.18. The number of piperazine rings is 1. The molecule has 1 aliphatic heterocycles. The van der Waals surface area contributed by atoms with Crippen LogP contribution in [-0.4, -0.2) is 42.4 Å². The zero-order valence-corrected chi connectivity index (χ0v) is 15.6. The molecule has 1 fully saturated rings. The highest BCUT2D eigenvalue weighted by Crippen LogP contribution is 2.38. The van der Waals surface area contributed by atoms with Crippen molar-refractivity contribution in [2.45, 2.75) is 32.0 Å². The molecule has 0 radical (unpaired) electrons. The molecule has 140 valence electrons. The highest BCUT2D eigenvalue weighted by Gasteiger charge is 2.32. The van der Waals surface area contributed by atoms with E-state index in [9.17, 15) is 18.3 Å². The number of aromatic hydroxyl groups is 1. The first kappa shape index (κ1) is 23.6. The average molecular weight is 410 g/mol. The van der Waals surface area contributed by atoms with E-state index in [4.69, 9.17) is 11.6 Å². The Morgan fingerprint density at radius 3 is 2.38 bits per heavy atom. The lowest BCUT2D eigenvalue weighted by Crippen LogP contribution is -2.45. The summed E-state index contributed by atoms with van der Waals surface area (Å²) >= 11 is 6.03. The molecular formula is C15H22Cl3F3N2O. The molecule has 9 heteroatoms. The Morgan fingerprint density at radius 2 is 1.83 bits per heavy atom. The predicted molar refractivity (Wildman–Crippen MR) is 94.8 cm³/mol. The van der Waals surface area contributed by atoms with Gasteiger partial charge in [-0.15, -0.1) is 24.8 Å². The van der Waals surface area contributed by atoms with Crippen LogP contribution < -0.4 is 5.32 Å². The first-order valence-corrected chi connectivity index (χ1v) is 7.66. The van der Waals surface area contributed by atoms with Crippen molar-refractivity contribution >= 4 is 36.4 Å². The number of phenolic OH excluding ortho intramolecular Hbond substituents is 1. The Bertz CT molecular complexity index is 523. The van der Waals surface area contributed by atoms with E-state index in [1.807, 2.05) is 4.90 Å². The summed E-state index contributed by atoms with van der Waals surface area (Å²) in [5.41, 5.74) is 1.06. The van der Waals surface area contributed by atoms with Gasteiger partial charge in [0.25, 0.3) is 0 Å². The number of nitrogens with zero attached hydrogens (tertiary/aromatic N) is 1. The lowest BCUT2D eigenvalue weighted by Gasteiger charge is -2.36. The smallest absolute Gasteiger partial charge is 0.389 e. The Balaban J connectivity index is 0.00000264. The Morgan fingerprint density at radius 1 is 1.25 bits per heavy atom. The average Bonchev–Trinajstić information content (AvgIpc) is 2.44. The van der Waals surface area contributed by atoms with Gasteiger partial charge in [-0.1, -0.05) is 11.6 Å². The summed E-state index contributed by atoms with van der Waals surface area (Å²) in [7, 11) is 0. The van der Waals surface area contributed by atoms with Gasteiger partial charge >= 0.3 is 6.18 Å². The van der Waals surface area contributed by atoms with Crippen LogP contribution >= 0.6 is 36.4 Å². The number of rotatable bonds is 4. The van der Waals surface area contributed by atoms with Crippen LogP contribution in [0.5, 0.6) is 5.75 Å². The third kappa shape index (κ3) is 6.48. The second kappa shape index (κ2) is 9.92. The molecule has 0 spiro atoms. The SMILES string of the molecule is Cc1cc(Cl)cc([C@H](CCC(F)(F)F)N2CCNCC2)c1O.Cl.Cl. The van der Waals surface area contributed by atoms with Gasteiger partial charge in [0, 0.05) is 49.2 Å². The summed E-state index contributed by atoms with van der Waals surface area (Å²) in [5, 5.41) is 13.9. The van der Waals surface area contributed by atoms with Crippen LogP contribution in [0.15, 0.2) is 12.1 Å². The fourth-order valence-corrected chi connectivity index (χ4v) is 3.13. The number of hydrogen-bond acceptors (Lipinski definition) is 3. The number of hydrogen-bond donors (Lipinski definition) is 2. The van der Waals surface area contributed by atoms with Gasteiger partial charge in [-0.3, -0.25) is 4.90 Å². The highest BCUT2D eigenvalue weighted by molar-refractivity contribution is 6.30. The van der Waals surface area contributed by atoms with Gasteiger partial charge in [-0.25, -0.2) is 0 Å². The molecule has 0 bridgehead atoms. The minimum Gasteiger partial charge on any atom is -0.507 e. The van der Waals surface area contributed by atoms with Crippen molar-refractivity contribution in [3.05, 3.63) is 28.3 Å². The van der Waals surface area contributed by atoms with E-state index in [-0.39, 0.29) is 37.0 Å². The molecule has 0 aromatic heterocycles. The normalized spacial score (nSPS) is 16.9. The van der Waals surface area contributed by atoms with E-state index in [2.05, 4.69) is 5.32 Å². The molecular weight excluding hydrogens is 388 g/mol. The number of benzene rings is 1. The van der Waals surface area contributed by atoms with Crippen molar-refractivity contribution in [3.63, 3.8) is 0 Å². The fourth-order valence-electron chi connectivity index (χ4n) is 2.84. The summed E-state index contributed by atoms with van der Waals surface area (Å²) in [4.78, 5) is 1.98. The molecule has 1 aromatic rings. The van der Waals surface area contributed by atoms with Crippen LogP contribution in [0.2, 0.25) is 5.02 Å². The third-order valence-corrected chi connectivity index (χ3v) is 4.17. The van der Waals surface area contributed by atoms with Gasteiger partial charge in [-0.05, 0) is 31.0 Å². The van der Waals surface area contributed by atoms with Crippen molar-refractivity contribution < 1.29 is 18.3 Å².